The van der Waals surface area contributed by atoms with Crippen LogP contribution in [0, 0.1) is 12.8 Å². The second-order valence-electron chi connectivity index (χ2n) is 6.83. The second-order valence-corrected chi connectivity index (χ2v) is 8.92. The van der Waals surface area contributed by atoms with Crippen molar-refractivity contribution in [1.29, 1.82) is 0 Å². The molecule has 2 aromatic rings. The summed E-state index contributed by atoms with van der Waals surface area (Å²) in [6.07, 6.45) is 5.65. The van der Waals surface area contributed by atoms with Crippen molar-refractivity contribution >= 4 is 15.8 Å². The van der Waals surface area contributed by atoms with Crippen LogP contribution in [0.2, 0.25) is 0 Å². The number of nitrogens with zero attached hydrogens (tertiary/aromatic N) is 3. The molecule has 0 saturated carbocycles. The van der Waals surface area contributed by atoms with Crippen LogP contribution in [-0.2, 0) is 16.4 Å². The van der Waals surface area contributed by atoms with Gasteiger partial charge in [-0.2, -0.15) is 0 Å². The molecule has 0 unspecified atom stereocenters. The minimum absolute atomic E-state index is 0.181. The number of aromatic nitrogens is 2. The molecule has 6 nitrogen and oxygen atoms in total. The molecule has 7 heteroatoms. The molecular formula is C19H26N4O2S. The van der Waals surface area contributed by atoms with Gasteiger partial charge in [0.25, 0.3) is 0 Å². The number of rotatable bonds is 7. The molecule has 0 radical (unpaired) electrons. The van der Waals surface area contributed by atoms with E-state index in [1.54, 1.807) is 10.5 Å². The summed E-state index contributed by atoms with van der Waals surface area (Å²) in [5.41, 5.74) is 2.09. The minimum atomic E-state index is -3.19. The fourth-order valence-corrected chi connectivity index (χ4v) is 4.76. The Hall–Kier alpha value is -1.99. The molecule has 26 heavy (non-hydrogen) atoms. The van der Waals surface area contributed by atoms with E-state index >= 15 is 0 Å². The van der Waals surface area contributed by atoms with Gasteiger partial charge in [-0.05, 0) is 37.7 Å². The Morgan fingerprint density at radius 1 is 1.19 bits per heavy atom. The van der Waals surface area contributed by atoms with E-state index in [9.17, 15) is 8.42 Å². The lowest BCUT2D eigenvalue weighted by molar-refractivity contribution is 0.282. The molecule has 2 heterocycles. The standard InChI is InChI=1S/C19H26N4O2S/c1-16-13-20-15-22-19(16)21-14-18-7-10-23(11-8-18)26(24,25)12-9-17-5-3-2-4-6-17/h2-6,13,15,18H,7-12,14H2,1H3,(H,20,21,22). The highest BCUT2D eigenvalue weighted by molar-refractivity contribution is 7.89. The molecule has 1 saturated heterocycles. The van der Waals surface area contributed by atoms with Crippen LogP contribution in [0.15, 0.2) is 42.9 Å². The van der Waals surface area contributed by atoms with Crippen LogP contribution >= 0.6 is 0 Å². The van der Waals surface area contributed by atoms with Crippen molar-refractivity contribution in [3.05, 3.63) is 54.0 Å². The van der Waals surface area contributed by atoms with Crippen LogP contribution in [0.25, 0.3) is 0 Å². The van der Waals surface area contributed by atoms with Gasteiger partial charge in [-0.25, -0.2) is 22.7 Å². The first-order valence-electron chi connectivity index (χ1n) is 9.07. The van der Waals surface area contributed by atoms with Gasteiger partial charge in [-0.1, -0.05) is 30.3 Å². The second kappa shape index (κ2) is 8.60. The summed E-state index contributed by atoms with van der Waals surface area (Å²) in [5.74, 6) is 1.50. The normalized spacial score (nSPS) is 16.5. The summed E-state index contributed by atoms with van der Waals surface area (Å²) in [6, 6.07) is 9.78. The summed E-state index contributed by atoms with van der Waals surface area (Å²) >= 11 is 0. The molecule has 140 valence electrons. The third-order valence-corrected chi connectivity index (χ3v) is 6.78. The van der Waals surface area contributed by atoms with Gasteiger partial charge in [0.15, 0.2) is 0 Å². The molecule has 0 amide bonds. The summed E-state index contributed by atoms with van der Waals surface area (Å²) in [5, 5.41) is 3.36. The summed E-state index contributed by atoms with van der Waals surface area (Å²) in [6.45, 7) is 4.00. The fourth-order valence-electron chi connectivity index (χ4n) is 3.24. The third kappa shape index (κ3) is 5.02. The van der Waals surface area contributed by atoms with Gasteiger partial charge < -0.3 is 5.32 Å². The van der Waals surface area contributed by atoms with Gasteiger partial charge >= 0.3 is 0 Å². The van der Waals surface area contributed by atoms with E-state index in [1.165, 1.54) is 6.33 Å². The van der Waals surface area contributed by atoms with Gasteiger partial charge in [0, 0.05) is 31.4 Å². The van der Waals surface area contributed by atoms with Crippen LogP contribution in [0.3, 0.4) is 0 Å². The Balaban J connectivity index is 1.46. The van der Waals surface area contributed by atoms with Crippen LogP contribution in [0.1, 0.15) is 24.0 Å². The zero-order valence-corrected chi connectivity index (χ0v) is 16.0. The predicted molar refractivity (Wildman–Crippen MR) is 103 cm³/mol. The lowest BCUT2D eigenvalue weighted by Gasteiger charge is -2.31. The highest BCUT2D eigenvalue weighted by atomic mass is 32.2. The van der Waals surface area contributed by atoms with Gasteiger partial charge in [0.1, 0.15) is 12.1 Å². The number of sulfonamides is 1. The largest absolute Gasteiger partial charge is 0.369 e. The maximum absolute atomic E-state index is 12.6. The summed E-state index contributed by atoms with van der Waals surface area (Å²) in [7, 11) is -3.19. The Morgan fingerprint density at radius 2 is 1.92 bits per heavy atom. The highest BCUT2D eigenvalue weighted by Gasteiger charge is 2.27. The minimum Gasteiger partial charge on any atom is -0.369 e. The van der Waals surface area contributed by atoms with Crippen LogP contribution in [-0.4, -0.2) is 48.1 Å². The number of piperidine rings is 1. The fraction of sp³-hybridized carbons (Fsp3) is 0.474. The molecular weight excluding hydrogens is 348 g/mol. The van der Waals surface area contributed by atoms with Gasteiger partial charge in [-0.15, -0.1) is 0 Å². The molecule has 0 bridgehead atoms. The molecule has 0 spiro atoms. The quantitative estimate of drug-likeness (QED) is 0.806. The first-order valence-corrected chi connectivity index (χ1v) is 10.7. The van der Waals surface area contributed by atoms with Gasteiger partial charge in [-0.3, -0.25) is 0 Å². The average molecular weight is 375 g/mol. The number of aryl methyl sites for hydroxylation is 2. The van der Waals surface area contributed by atoms with Crippen LogP contribution in [0.4, 0.5) is 5.82 Å². The molecule has 1 aromatic carbocycles. The smallest absolute Gasteiger partial charge is 0.214 e. The number of nitrogens with one attached hydrogen (secondary N) is 1. The predicted octanol–water partition coefficient (Wildman–Crippen LogP) is 2.48. The third-order valence-electron chi connectivity index (χ3n) is 4.91. The zero-order chi connectivity index (χ0) is 18.4. The van der Waals surface area contributed by atoms with Crippen molar-refractivity contribution in [3.8, 4) is 0 Å². The number of benzene rings is 1. The van der Waals surface area contributed by atoms with E-state index in [1.807, 2.05) is 37.3 Å². The van der Waals surface area contributed by atoms with Crippen LogP contribution < -0.4 is 5.32 Å². The topological polar surface area (TPSA) is 75.2 Å². The van der Waals surface area contributed by atoms with E-state index in [-0.39, 0.29) is 5.75 Å². The van der Waals surface area contributed by atoms with E-state index in [2.05, 4.69) is 15.3 Å². The zero-order valence-electron chi connectivity index (χ0n) is 15.1. The monoisotopic (exact) mass is 374 g/mol. The molecule has 3 rings (SSSR count). The number of hydrogen-bond donors (Lipinski definition) is 1. The van der Waals surface area contributed by atoms with Crippen molar-refractivity contribution in [2.24, 2.45) is 5.92 Å². The van der Waals surface area contributed by atoms with E-state index in [0.29, 0.717) is 25.4 Å². The van der Waals surface area contributed by atoms with Gasteiger partial charge in [0.05, 0.1) is 5.75 Å². The average Bonchev–Trinajstić information content (AvgIpc) is 2.67. The first kappa shape index (κ1) is 18.8. The summed E-state index contributed by atoms with van der Waals surface area (Å²) in [4.78, 5) is 8.23. The summed E-state index contributed by atoms with van der Waals surface area (Å²) < 4.78 is 26.8. The maximum atomic E-state index is 12.6. The SMILES string of the molecule is Cc1cncnc1NCC1CCN(S(=O)(=O)CCc2ccccc2)CC1. The van der Waals surface area contributed by atoms with E-state index in [4.69, 9.17) is 0 Å². The Labute approximate surface area is 155 Å². The van der Waals surface area contributed by atoms with Crippen molar-refractivity contribution in [2.45, 2.75) is 26.2 Å². The molecule has 1 aliphatic heterocycles. The lowest BCUT2D eigenvalue weighted by Crippen LogP contribution is -2.41. The molecule has 0 aliphatic carbocycles. The maximum Gasteiger partial charge on any atom is 0.214 e. The van der Waals surface area contributed by atoms with E-state index < -0.39 is 10.0 Å². The first-order chi connectivity index (χ1) is 12.5. The van der Waals surface area contributed by atoms with Crippen LogP contribution in [0.5, 0.6) is 0 Å². The van der Waals surface area contributed by atoms with Gasteiger partial charge in [0.2, 0.25) is 10.0 Å². The van der Waals surface area contributed by atoms with E-state index in [0.717, 1.165) is 36.3 Å². The molecule has 0 atom stereocenters. The van der Waals surface area contributed by atoms with Crippen molar-refractivity contribution in [3.63, 3.8) is 0 Å². The molecule has 1 aliphatic rings. The molecule has 1 N–H and O–H groups in total. The number of hydrogen-bond acceptors (Lipinski definition) is 5. The number of anilines is 1. The van der Waals surface area contributed by atoms with Crippen molar-refractivity contribution < 1.29 is 8.42 Å². The van der Waals surface area contributed by atoms with Crippen molar-refractivity contribution in [2.75, 3.05) is 30.7 Å². The highest BCUT2D eigenvalue weighted by Crippen LogP contribution is 2.21. The van der Waals surface area contributed by atoms with Crippen molar-refractivity contribution in [1.82, 2.24) is 14.3 Å². The Kier molecular flexibility index (Phi) is 6.21. The Morgan fingerprint density at radius 3 is 2.62 bits per heavy atom. The molecule has 1 aromatic heterocycles. The molecule has 1 fully saturated rings. The Bertz CT molecular complexity index is 803. The lowest BCUT2D eigenvalue weighted by atomic mass is 9.98.